The maximum Gasteiger partial charge on any atom is 0.240 e. The molecule has 3 aromatic heterocycles. The largest absolute Gasteiger partial charge is 0.477 e. The van der Waals surface area contributed by atoms with E-state index in [-0.39, 0.29) is 28.7 Å². The summed E-state index contributed by atoms with van der Waals surface area (Å²) in [6.07, 6.45) is 3.42. The van der Waals surface area contributed by atoms with Crippen LogP contribution in [0.5, 0.6) is 5.88 Å². The molecule has 0 radical (unpaired) electrons. The number of anilines is 2. The summed E-state index contributed by atoms with van der Waals surface area (Å²) in [6.45, 7) is 4.09. The zero-order valence-electron chi connectivity index (χ0n) is 14.6. The fourth-order valence-corrected chi connectivity index (χ4v) is 3.37. The van der Waals surface area contributed by atoms with Crippen molar-refractivity contribution >= 4 is 52.3 Å². The lowest BCUT2D eigenvalue weighted by Gasteiger charge is -2.14. The molecule has 3 aromatic rings. The fourth-order valence-electron chi connectivity index (χ4n) is 2.21. The lowest BCUT2D eigenvalue weighted by molar-refractivity contribution is -0.115. The second-order valence-electron chi connectivity index (χ2n) is 5.27. The zero-order chi connectivity index (χ0) is 19.4. The summed E-state index contributed by atoms with van der Waals surface area (Å²) in [7, 11) is 0. The normalized spacial score (nSPS) is 12.1. The number of imidazole rings is 1. The molecule has 10 nitrogen and oxygen atoms in total. The van der Waals surface area contributed by atoms with Gasteiger partial charge in [0.2, 0.25) is 23.7 Å². The van der Waals surface area contributed by atoms with Crippen LogP contribution in [0.2, 0.25) is 5.02 Å². The van der Waals surface area contributed by atoms with Crippen LogP contribution >= 0.6 is 23.4 Å². The number of hydrogen-bond acceptors (Lipinski definition) is 9. The first-order valence-electron chi connectivity index (χ1n) is 8.11. The minimum absolute atomic E-state index is 0.0924. The number of aromatic amines is 1. The molecule has 142 valence electrons. The number of rotatable bonds is 7. The lowest BCUT2D eigenvalue weighted by atomic mass is 10.3. The Kier molecular flexibility index (Phi) is 5.91. The first-order valence-corrected chi connectivity index (χ1v) is 9.37. The molecule has 1 atom stereocenters. The van der Waals surface area contributed by atoms with Crippen LogP contribution in [-0.4, -0.2) is 47.7 Å². The van der Waals surface area contributed by atoms with Crippen molar-refractivity contribution in [2.75, 3.05) is 17.7 Å². The number of amides is 1. The average Bonchev–Trinajstić information content (AvgIpc) is 3.10. The van der Waals surface area contributed by atoms with Crippen molar-refractivity contribution in [1.82, 2.24) is 29.9 Å². The number of carbonyl (C=O) groups is 1. The number of carbonyl (C=O) groups excluding carboxylic acids is 1. The third-order valence-corrected chi connectivity index (χ3v) is 5.02. The SMILES string of the molecule is CCOc1nc(NC(=O)[C@H](CC)Sc2nc(N)nc3nc[nH]c23)ncc1Cl. The highest BCUT2D eigenvalue weighted by Gasteiger charge is 2.22. The highest BCUT2D eigenvalue weighted by molar-refractivity contribution is 8.00. The van der Waals surface area contributed by atoms with Crippen molar-refractivity contribution in [3.05, 3.63) is 17.5 Å². The summed E-state index contributed by atoms with van der Waals surface area (Å²) >= 11 is 7.22. The molecule has 0 fully saturated rings. The molecule has 0 saturated heterocycles. The molecule has 0 unspecified atom stereocenters. The Morgan fingerprint density at radius 2 is 2.19 bits per heavy atom. The van der Waals surface area contributed by atoms with Gasteiger partial charge in [-0.3, -0.25) is 10.1 Å². The van der Waals surface area contributed by atoms with Gasteiger partial charge in [-0.05, 0) is 13.3 Å². The third-order valence-electron chi connectivity index (χ3n) is 3.41. The summed E-state index contributed by atoms with van der Waals surface area (Å²) in [5.41, 5.74) is 6.80. The van der Waals surface area contributed by atoms with Crippen molar-refractivity contribution in [3.63, 3.8) is 0 Å². The van der Waals surface area contributed by atoms with E-state index in [9.17, 15) is 4.79 Å². The number of nitrogens with one attached hydrogen (secondary N) is 2. The summed E-state index contributed by atoms with van der Waals surface area (Å²) in [6, 6.07) is 0. The van der Waals surface area contributed by atoms with Gasteiger partial charge in [-0.2, -0.15) is 9.97 Å². The number of hydrogen-bond donors (Lipinski definition) is 3. The summed E-state index contributed by atoms with van der Waals surface area (Å²) in [5.74, 6) is 0.139. The summed E-state index contributed by atoms with van der Waals surface area (Å²) in [5, 5.41) is 3.03. The van der Waals surface area contributed by atoms with Gasteiger partial charge in [0.15, 0.2) is 5.65 Å². The van der Waals surface area contributed by atoms with E-state index < -0.39 is 5.25 Å². The minimum atomic E-state index is -0.458. The van der Waals surface area contributed by atoms with Gasteiger partial charge >= 0.3 is 0 Å². The number of thioether (sulfide) groups is 1. The molecule has 3 heterocycles. The van der Waals surface area contributed by atoms with E-state index in [1.165, 1.54) is 24.3 Å². The predicted octanol–water partition coefficient (Wildman–Crippen LogP) is 2.29. The Morgan fingerprint density at radius 1 is 1.37 bits per heavy atom. The van der Waals surface area contributed by atoms with Crippen LogP contribution in [0.1, 0.15) is 20.3 Å². The van der Waals surface area contributed by atoms with Crippen LogP contribution in [0, 0.1) is 0 Å². The van der Waals surface area contributed by atoms with Crippen LogP contribution in [-0.2, 0) is 4.79 Å². The number of ether oxygens (including phenoxy) is 1. The number of nitrogens with two attached hydrogens (primary N) is 1. The van der Waals surface area contributed by atoms with Crippen molar-refractivity contribution < 1.29 is 9.53 Å². The van der Waals surface area contributed by atoms with Crippen molar-refractivity contribution in [3.8, 4) is 5.88 Å². The minimum Gasteiger partial charge on any atom is -0.477 e. The van der Waals surface area contributed by atoms with Gasteiger partial charge < -0.3 is 15.5 Å². The summed E-state index contributed by atoms with van der Waals surface area (Å²) < 4.78 is 5.31. The van der Waals surface area contributed by atoms with Crippen molar-refractivity contribution in [1.29, 1.82) is 0 Å². The number of fused-ring (bicyclic) bond motifs is 1. The van der Waals surface area contributed by atoms with Crippen LogP contribution in [0.15, 0.2) is 17.6 Å². The maximum absolute atomic E-state index is 12.7. The molecule has 0 saturated carbocycles. The number of nitrogens with zero attached hydrogens (tertiary/aromatic N) is 5. The van der Waals surface area contributed by atoms with Gasteiger partial charge in [0, 0.05) is 0 Å². The predicted molar refractivity (Wildman–Crippen MR) is 103 cm³/mol. The zero-order valence-corrected chi connectivity index (χ0v) is 16.1. The Labute approximate surface area is 163 Å². The van der Waals surface area contributed by atoms with E-state index in [1.807, 2.05) is 13.8 Å². The molecule has 12 heteroatoms. The smallest absolute Gasteiger partial charge is 0.240 e. The molecule has 27 heavy (non-hydrogen) atoms. The van der Waals surface area contributed by atoms with Crippen LogP contribution in [0.3, 0.4) is 0 Å². The topological polar surface area (TPSA) is 145 Å². The van der Waals surface area contributed by atoms with E-state index in [2.05, 4.69) is 35.2 Å². The van der Waals surface area contributed by atoms with E-state index in [0.29, 0.717) is 29.2 Å². The molecule has 3 rings (SSSR count). The Balaban J connectivity index is 1.78. The van der Waals surface area contributed by atoms with Gasteiger partial charge in [-0.15, -0.1) is 0 Å². The number of aromatic nitrogens is 6. The molecule has 0 aliphatic heterocycles. The van der Waals surface area contributed by atoms with Crippen molar-refractivity contribution in [2.24, 2.45) is 0 Å². The Bertz CT molecular complexity index is 966. The molecular formula is C15H17ClN8O2S. The quantitative estimate of drug-likeness (QED) is 0.395. The number of nitrogen functional groups attached to an aromatic ring is 1. The molecule has 1 amide bonds. The van der Waals surface area contributed by atoms with Crippen LogP contribution in [0.4, 0.5) is 11.9 Å². The Hall–Kier alpha value is -2.66. The van der Waals surface area contributed by atoms with Crippen LogP contribution < -0.4 is 15.8 Å². The maximum atomic E-state index is 12.7. The van der Waals surface area contributed by atoms with Gasteiger partial charge in [-0.1, -0.05) is 30.3 Å². The van der Waals surface area contributed by atoms with E-state index in [1.54, 1.807) is 0 Å². The summed E-state index contributed by atoms with van der Waals surface area (Å²) in [4.78, 5) is 36.1. The first kappa shape index (κ1) is 19.1. The van der Waals surface area contributed by atoms with Crippen molar-refractivity contribution in [2.45, 2.75) is 30.5 Å². The van der Waals surface area contributed by atoms with E-state index >= 15 is 0 Å². The molecule has 0 spiro atoms. The molecule has 0 aliphatic carbocycles. The highest BCUT2D eigenvalue weighted by Crippen LogP contribution is 2.30. The fraction of sp³-hybridized carbons (Fsp3) is 0.333. The van der Waals surface area contributed by atoms with Gasteiger partial charge in [0.05, 0.1) is 24.4 Å². The van der Waals surface area contributed by atoms with E-state index in [4.69, 9.17) is 22.1 Å². The average molecular weight is 409 g/mol. The molecule has 0 aromatic carbocycles. The van der Waals surface area contributed by atoms with Gasteiger partial charge in [0.1, 0.15) is 15.6 Å². The molecule has 0 bridgehead atoms. The second-order valence-corrected chi connectivity index (χ2v) is 6.87. The number of H-pyrrole nitrogens is 1. The lowest BCUT2D eigenvalue weighted by Crippen LogP contribution is -2.26. The Morgan fingerprint density at radius 3 is 2.93 bits per heavy atom. The number of halogens is 1. The monoisotopic (exact) mass is 408 g/mol. The molecular weight excluding hydrogens is 392 g/mol. The van der Waals surface area contributed by atoms with Crippen LogP contribution in [0.25, 0.3) is 11.2 Å². The van der Waals surface area contributed by atoms with E-state index in [0.717, 1.165) is 0 Å². The highest BCUT2D eigenvalue weighted by atomic mass is 35.5. The molecule has 0 aliphatic rings. The van der Waals surface area contributed by atoms with Gasteiger partial charge in [-0.25, -0.2) is 15.0 Å². The second kappa shape index (κ2) is 8.35. The standard InChI is InChI=1S/C15H17ClN8O2S/c1-3-8(27-13-9-10(20-6-19-9)21-14(17)24-13)11(25)22-15-18-5-7(16)12(23-15)26-4-2/h5-6,8H,3-4H2,1-2H3,(H,18,22,23,25)(H3,17,19,20,21,24)/t8-/m0/s1. The van der Waals surface area contributed by atoms with Gasteiger partial charge in [0.25, 0.3) is 0 Å². The third kappa shape index (κ3) is 4.37. The molecule has 4 N–H and O–H groups in total. The first-order chi connectivity index (χ1) is 13.0.